The van der Waals surface area contributed by atoms with Gasteiger partial charge in [-0.25, -0.2) is 5.84 Å². The van der Waals surface area contributed by atoms with Crippen molar-refractivity contribution in [2.45, 2.75) is 19.4 Å². The molecule has 0 saturated heterocycles. The van der Waals surface area contributed by atoms with Gasteiger partial charge in [0.15, 0.2) is 0 Å². The summed E-state index contributed by atoms with van der Waals surface area (Å²) in [5, 5.41) is 2.59. The predicted molar refractivity (Wildman–Crippen MR) is 77.6 cm³/mol. The molecule has 1 unspecified atom stereocenters. The lowest BCUT2D eigenvalue weighted by Gasteiger charge is -2.16. The minimum absolute atomic E-state index is 0.0163. The Balaban J connectivity index is 2.62. The van der Waals surface area contributed by atoms with Gasteiger partial charge in [-0.1, -0.05) is 24.3 Å². The lowest BCUT2D eigenvalue weighted by atomic mass is 9.99. The van der Waals surface area contributed by atoms with Gasteiger partial charge in [-0.15, -0.1) is 0 Å². The molecule has 0 heterocycles. The Morgan fingerprint density at radius 1 is 1.30 bits per heavy atom. The second-order valence-corrected chi connectivity index (χ2v) is 4.82. The zero-order chi connectivity index (χ0) is 15.1. The zero-order valence-electron chi connectivity index (χ0n) is 12.1. The lowest BCUT2D eigenvalue weighted by Crippen LogP contribution is -2.33. The van der Waals surface area contributed by atoms with Gasteiger partial charge in [-0.05, 0) is 25.1 Å². The van der Waals surface area contributed by atoms with Crippen LogP contribution in [0.2, 0.25) is 0 Å². The normalized spacial score (nSPS) is 12.1. The van der Waals surface area contributed by atoms with Crippen LogP contribution in [-0.4, -0.2) is 37.4 Å². The highest BCUT2D eigenvalue weighted by Crippen LogP contribution is 2.16. The number of hydrogen-bond donors (Lipinski definition) is 3. The largest absolute Gasteiger partial charge is 0.358 e. The molecular formula is C14H22N4O2. The molecule has 0 spiro atoms. The van der Waals surface area contributed by atoms with Crippen molar-refractivity contribution in [1.29, 1.82) is 0 Å². The molecule has 0 aliphatic carbocycles. The predicted octanol–water partition coefficient (Wildman–Crippen LogP) is -0.0422. The number of rotatable bonds is 6. The Kier molecular flexibility index (Phi) is 6.14. The summed E-state index contributed by atoms with van der Waals surface area (Å²) in [5.41, 5.74) is 4.14. The topological polar surface area (TPSA) is 87.5 Å². The van der Waals surface area contributed by atoms with Crippen LogP contribution < -0.4 is 16.6 Å². The second-order valence-electron chi connectivity index (χ2n) is 4.82. The van der Waals surface area contributed by atoms with Gasteiger partial charge in [-0.3, -0.25) is 19.9 Å². The molecule has 0 fully saturated rings. The molecule has 1 rings (SSSR count). The number of hydrogen-bond acceptors (Lipinski definition) is 4. The van der Waals surface area contributed by atoms with Crippen LogP contribution in [0, 0.1) is 0 Å². The third-order valence-corrected chi connectivity index (χ3v) is 3.16. The van der Waals surface area contributed by atoms with E-state index in [-0.39, 0.29) is 17.7 Å². The van der Waals surface area contributed by atoms with Crippen LogP contribution in [-0.2, 0) is 16.1 Å². The molecule has 1 aromatic rings. The summed E-state index contributed by atoms with van der Waals surface area (Å²) in [6.07, 6.45) is 0. The number of likely N-dealkylation sites (N-methyl/N-ethyl adjacent to an activating group) is 2. The third kappa shape index (κ3) is 4.64. The number of nitrogens with one attached hydrogen (secondary N) is 2. The number of nitrogens with two attached hydrogens (primary N) is 1. The molecule has 20 heavy (non-hydrogen) atoms. The summed E-state index contributed by atoms with van der Waals surface area (Å²) in [5.74, 6) is 4.61. The summed E-state index contributed by atoms with van der Waals surface area (Å²) < 4.78 is 0. The van der Waals surface area contributed by atoms with E-state index in [1.165, 1.54) is 0 Å². The number of carbonyl (C=O) groups is 2. The van der Waals surface area contributed by atoms with E-state index in [2.05, 4.69) is 10.7 Å². The number of amides is 2. The molecule has 1 aromatic carbocycles. The van der Waals surface area contributed by atoms with Gasteiger partial charge in [0, 0.05) is 13.6 Å². The van der Waals surface area contributed by atoms with E-state index in [0.717, 1.165) is 11.1 Å². The summed E-state index contributed by atoms with van der Waals surface area (Å²) in [7, 11) is 3.50. The molecule has 0 aliphatic heterocycles. The maximum absolute atomic E-state index is 11.4. The Labute approximate surface area is 119 Å². The van der Waals surface area contributed by atoms with Crippen molar-refractivity contribution in [3.8, 4) is 0 Å². The first-order valence-electron chi connectivity index (χ1n) is 6.46. The van der Waals surface area contributed by atoms with E-state index in [9.17, 15) is 9.59 Å². The molecule has 0 aromatic heterocycles. The van der Waals surface area contributed by atoms with E-state index >= 15 is 0 Å². The molecule has 110 valence electrons. The van der Waals surface area contributed by atoms with E-state index < -0.39 is 0 Å². The number of benzene rings is 1. The van der Waals surface area contributed by atoms with Crippen LogP contribution >= 0.6 is 0 Å². The standard InChI is InChI=1S/C14H22N4O2/c1-10(14(20)17-15)12-6-4-11(5-7-12)8-18(3)9-13(19)16-2/h4-7,10H,8-9,15H2,1-3H3,(H,16,19)(H,17,20). The lowest BCUT2D eigenvalue weighted by molar-refractivity contribution is -0.122. The Morgan fingerprint density at radius 2 is 1.90 bits per heavy atom. The molecule has 0 aliphatic rings. The first-order chi connectivity index (χ1) is 9.47. The first-order valence-corrected chi connectivity index (χ1v) is 6.46. The molecular weight excluding hydrogens is 256 g/mol. The Bertz CT molecular complexity index is 459. The Morgan fingerprint density at radius 3 is 2.40 bits per heavy atom. The molecule has 4 N–H and O–H groups in total. The summed E-state index contributed by atoms with van der Waals surface area (Å²) in [4.78, 5) is 24.6. The van der Waals surface area contributed by atoms with Crippen molar-refractivity contribution < 1.29 is 9.59 Å². The second kappa shape index (κ2) is 7.62. The smallest absolute Gasteiger partial charge is 0.241 e. The van der Waals surface area contributed by atoms with Gasteiger partial charge in [0.25, 0.3) is 0 Å². The van der Waals surface area contributed by atoms with Crippen molar-refractivity contribution in [2.24, 2.45) is 5.84 Å². The quantitative estimate of drug-likeness (QED) is 0.387. The van der Waals surface area contributed by atoms with Gasteiger partial charge < -0.3 is 5.32 Å². The fourth-order valence-electron chi connectivity index (χ4n) is 1.88. The van der Waals surface area contributed by atoms with Gasteiger partial charge >= 0.3 is 0 Å². The zero-order valence-corrected chi connectivity index (χ0v) is 12.1. The highest BCUT2D eigenvalue weighted by Gasteiger charge is 2.13. The summed E-state index contributed by atoms with van der Waals surface area (Å²) in [6.45, 7) is 2.82. The monoisotopic (exact) mass is 278 g/mol. The minimum Gasteiger partial charge on any atom is -0.358 e. The van der Waals surface area contributed by atoms with Crippen molar-refractivity contribution >= 4 is 11.8 Å². The van der Waals surface area contributed by atoms with E-state index in [0.29, 0.717) is 13.1 Å². The van der Waals surface area contributed by atoms with Crippen LogP contribution in [0.25, 0.3) is 0 Å². The SMILES string of the molecule is CNC(=O)CN(C)Cc1ccc(C(C)C(=O)NN)cc1. The molecule has 0 saturated carbocycles. The van der Waals surface area contributed by atoms with Crippen LogP contribution in [0.4, 0.5) is 0 Å². The van der Waals surface area contributed by atoms with Crippen LogP contribution in [0.15, 0.2) is 24.3 Å². The first kappa shape index (κ1) is 16.1. The third-order valence-electron chi connectivity index (χ3n) is 3.16. The highest BCUT2D eigenvalue weighted by atomic mass is 16.2. The van der Waals surface area contributed by atoms with E-state index in [1.54, 1.807) is 14.0 Å². The number of carbonyl (C=O) groups excluding carboxylic acids is 2. The minimum atomic E-state index is -0.280. The maximum atomic E-state index is 11.4. The van der Waals surface area contributed by atoms with E-state index in [4.69, 9.17) is 5.84 Å². The molecule has 2 amide bonds. The average Bonchev–Trinajstić information content (AvgIpc) is 2.46. The van der Waals surface area contributed by atoms with Gasteiger partial charge in [-0.2, -0.15) is 0 Å². The van der Waals surface area contributed by atoms with Gasteiger partial charge in [0.2, 0.25) is 11.8 Å². The maximum Gasteiger partial charge on any atom is 0.241 e. The van der Waals surface area contributed by atoms with Gasteiger partial charge in [0.05, 0.1) is 12.5 Å². The molecule has 6 nitrogen and oxygen atoms in total. The van der Waals surface area contributed by atoms with Crippen molar-refractivity contribution in [2.75, 3.05) is 20.6 Å². The van der Waals surface area contributed by atoms with Crippen LogP contribution in [0.3, 0.4) is 0 Å². The number of hydrazine groups is 1. The fourth-order valence-corrected chi connectivity index (χ4v) is 1.88. The molecule has 0 radical (unpaired) electrons. The van der Waals surface area contributed by atoms with Crippen molar-refractivity contribution in [3.63, 3.8) is 0 Å². The average molecular weight is 278 g/mol. The molecule has 6 heteroatoms. The van der Waals surface area contributed by atoms with Crippen molar-refractivity contribution in [3.05, 3.63) is 35.4 Å². The van der Waals surface area contributed by atoms with Crippen LogP contribution in [0.1, 0.15) is 24.0 Å². The highest BCUT2D eigenvalue weighted by molar-refractivity contribution is 5.82. The Hall–Kier alpha value is -1.92. The summed E-state index contributed by atoms with van der Waals surface area (Å²) in [6, 6.07) is 7.72. The van der Waals surface area contributed by atoms with Crippen molar-refractivity contribution in [1.82, 2.24) is 15.6 Å². The summed E-state index contributed by atoms with van der Waals surface area (Å²) >= 11 is 0. The van der Waals surface area contributed by atoms with Gasteiger partial charge in [0.1, 0.15) is 0 Å². The van der Waals surface area contributed by atoms with Crippen LogP contribution in [0.5, 0.6) is 0 Å². The number of nitrogens with zero attached hydrogens (tertiary/aromatic N) is 1. The fraction of sp³-hybridized carbons (Fsp3) is 0.429. The van der Waals surface area contributed by atoms with E-state index in [1.807, 2.05) is 36.2 Å². The molecule has 0 bridgehead atoms. The molecule has 1 atom stereocenters.